The van der Waals surface area contributed by atoms with E-state index in [4.69, 9.17) is 11.6 Å². The third-order valence-electron chi connectivity index (χ3n) is 4.26. The highest BCUT2D eigenvalue weighted by atomic mass is 35.5. The van der Waals surface area contributed by atoms with Crippen molar-refractivity contribution in [1.82, 2.24) is 10.2 Å². The molecule has 5 nitrogen and oxygen atoms in total. The fourth-order valence-electron chi connectivity index (χ4n) is 2.84. The van der Waals surface area contributed by atoms with E-state index in [1.807, 2.05) is 19.1 Å². The summed E-state index contributed by atoms with van der Waals surface area (Å²) in [5, 5.41) is 3.50. The highest BCUT2D eigenvalue weighted by molar-refractivity contribution is 6.30. The average molecular weight is 369 g/mol. The molecule has 1 heterocycles. The maximum absolute atomic E-state index is 12.5. The van der Waals surface area contributed by atoms with Gasteiger partial charge in [-0.3, -0.25) is 19.3 Å². The number of amides is 3. The maximum atomic E-state index is 12.5. The van der Waals surface area contributed by atoms with Crippen molar-refractivity contribution >= 4 is 29.3 Å². The third-order valence-corrected chi connectivity index (χ3v) is 4.51. The summed E-state index contributed by atoms with van der Waals surface area (Å²) in [6, 6.07) is 11.5. The number of carbonyl (C=O) groups is 3. The molecule has 2 aromatic carbocycles. The zero-order valence-electron chi connectivity index (χ0n) is 14.2. The Hall–Kier alpha value is -2.92. The number of hydrogen-bond donors (Lipinski definition) is 1. The van der Waals surface area contributed by atoms with E-state index in [0.29, 0.717) is 16.1 Å². The van der Waals surface area contributed by atoms with Crippen LogP contribution in [0.5, 0.6) is 0 Å². The summed E-state index contributed by atoms with van der Waals surface area (Å²) in [6.45, 7) is 5.55. The monoisotopic (exact) mass is 368 g/mol. The number of carbonyl (C=O) groups excluding carboxylic acids is 3. The molecule has 0 unspecified atom stereocenters. The molecule has 2 aromatic rings. The van der Waals surface area contributed by atoms with Gasteiger partial charge >= 0.3 is 0 Å². The standard InChI is InChI=1S/C20H17ClN2O3/c1-3-10-23-19(25)16-9-6-14(11-17(16)20(23)26)18(24)22-12(2)13-4-7-15(21)8-5-13/h3-9,11-12H,1,10H2,2H3,(H,22,24)/t12-/m0/s1. The van der Waals surface area contributed by atoms with E-state index in [2.05, 4.69) is 11.9 Å². The molecule has 1 aliphatic heterocycles. The maximum Gasteiger partial charge on any atom is 0.261 e. The Balaban J connectivity index is 1.80. The van der Waals surface area contributed by atoms with E-state index in [1.165, 1.54) is 18.2 Å². The van der Waals surface area contributed by atoms with Crippen molar-refractivity contribution in [3.8, 4) is 0 Å². The highest BCUT2D eigenvalue weighted by Gasteiger charge is 2.35. The molecule has 1 atom stereocenters. The number of fused-ring (bicyclic) bond motifs is 1. The SMILES string of the molecule is C=CCN1C(=O)c2ccc(C(=O)N[C@@H](C)c3ccc(Cl)cc3)cc2C1=O. The molecule has 0 saturated carbocycles. The van der Waals surface area contributed by atoms with Gasteiger partial charge in [-0.05, 0) is 42.8 Å². The van der Waals surface area contributed by atoms with E-state index in [9.17, 15) is 14.4 Å². The fourth-order valence-corrected chi connectivity index (χ4v) is 2.97. The van der Waals surface area contributed by atoms with Crippen LogP contribution in [0.25, 0.3) is 0 Å². The molecule has 6 heteroatoms. The van der Waals surface area contributed by atoms with E-state index in [0.717, 1.165) is 10.5 Å². The lowest BCUT2D eigenvalue weighted by atomic mass is 10.0. The molecule has 1 aliphatic rings. The summed E-state index contributed by atoms with van der Waals surface area (Å²) < 4.78 is 0. The van der Waals surface area contributed by atoms with Gasteiger partial charge < -0.3 is 5.32 Å². The van der Waals surface area contributed by atoms with E-state index < -0.39 is 5.91 Å². The Kier molecular flexibility index (Phi) is 4.91. The molecule has 0 fully saturated rings. The highest BCUT2D eigenvalue weighted by Crippen LogP contribution is 2.24. The van der Waals surface area contributed by atoms with Crippen LogP contribution in [0, 0.1) is 0 Å². The van der Waals surface area contributed by atoms with Gasteiger partial charge in [0.15, 0.2) is 0 Å². The number of nitrogens with zero attached hydrogens (tertiary/aromatic N) is 1. The molecule has 0 aromatic heterocycles. The molecule has 0 aliphatic carbocycles. The second kappa shape index (κ2) is 7.14. The van der Waals surface area contributed by atoms with Crippen molar-refractivity contribution in [3.05, 3.63) is 82.4 Å². The van der Waals surface area contributed by atoms with Crippen LogP contribution in [-0.4, -0.2) is 29.2 Å². The van der Waals surface area contributed by atoms with Gasteiger partial charge in [-0.15, -0.1) is 6.58 Å². The largest absolute Gasteiger partial charge is 0.346 e. The van der Waals surface area contributed by atoms with Crippen molar-refractivity contribution in [1.29, 1.82) is 0 Å². The van der Waals surface area contributed by atoms with Gasteiger partial charge in [-0.1, -0.05) is 29.8 Å². The van der Waals surface area contributed by atoms with Crippen LogP contribution in [0.3, 0.4) is 0 Å². The van der Waals surface area contributed by atoms with Crippen molar-refractivity contribution in [2.45, 2.75) is 13.0 Å². The predicted molar refractivity (Wildman–Crippen MR) is 99.3 cm³/mol. The number of halogens is 1. The van der Waals surface area contributed by atoms with E-state index >= 15 is 0 Å². The quantitative estimate of drug-likeness (QED) is 0.647. The molecule has 26 heavy (non-hydrogen) atoms. The first kappa shape index (κ1) is 17.9. The van der Waals surface area contributed by atoms with Crippen molar-refractivity contribution in [2.75, 3.05) is 6.54 Å². The lowest BCUT2D eigenvalue weighted by Gasteiger charge is -2.14. The van der Waals surface area contributed by atoms with Gasteiger partial charge in [0.1, 0.15) is 0 Å². The smallest absolute Gasteiger partial charge is 0.261 e. The van der Waals surface area contributed by atoms with Gasteiger partial charge in [0, 0.05) is 17.1 Å². The topological polar surface area (TPSA) is 66.5 Å². The lowest BCUT2D eigenvalue weighted by molar-refractivity contribution is 0.0672. The van der Waals surface area contributed by atoms with Crippen molar-refractivity contribution < 1.29 is 14.4 Å². The molecule has 3 amide bonds. The normalized spacial score (nSPS) is 14.2. The Morgan fingerprint density at radius 1 is 1.15 bits per heavy atom. The summed E-state index contributed by atoms with van der Waals surface area (Å²) in [7, 11) is 0. The van der Waals surface area contributed by atoms with Crippen LogP contribution in [0.2, 0.25) is 5.02 Å². The Labute approximate surface area is 156 Å². The summed E-state index contributed by atoms with van der Waals surface area (Å²) in [6.07, 6.45) is 1.49. The molecule has 0 saturated heterocycles. The zero-order chi connectivity index (χ0) is 18.8. The number of imide groups is 1. The second-order valence-electron chi connectivity index (χ2n) is 6.02. The van der Waals surface area contributed by atoms with Crippen LogP contribution in [0.4, 0.5) is 0 Å². The first-order valence-electron chi connectivity index (χ1n) is 8.10. The second-order valence-corrected chi connectivity index (χ2v) is 6.45. The predicted octanol–water partition coefficient (Wildman–Crippen LogP) is 3.61. The first-order valence-corrected chi connectivity index (χ1v) is 8.47. The summed E-state index contributed by atoms with van der Waals surface area (Å²) in [4.78, 5) is 38.2. The number of rotatable bonds is 5. The lowest BCUT2D eigenvalue weighted by Crippen LogP contribution is -2.29. The molecule has 0 spiro atoms. The number of hydrogen-bond acceptors (Lipinski definition) is 3. The Morgan fingerprint density at radius 2 is 1.81 bits per heavy atom. The van der Waals surface area contributed by atoms with Gasteiger partial charge in [0.2, 0.25) is 0 Å². The van der Waals surface area contributed by atoms with Crippen LogP contribution in [0.1, 0.15) is 49.6 Å². The van der Waals surface area contributed by atoms with Crippen molar-refractivity contribution in [3.63, 3.8) is 0 Å². The van der Waals surface area contributed by atoms with E-state index in [1.54, 1.807) is 18.2 Å². The minimum absolute atomic E-state index is 0.140. The molecular weight excluding hydrogens is 352 g/mol. The summed E-state index contributed by atoms with van der Waals surface area (Å²) in [5.74, 6) is -1.10. The zero-order valence-corrected chi connectivity index (χ0v) is 14.9. The Morgan fingerprint density at radius 3 is 2.46 bits per heavy atom. The average Bonchev–Trinajstić information content (AvgIpc) is 2.87. The minimum atomic E-state index is -0.412. The Bertz CT molecular complexity index is 906. The summed E-state index contributed by atoms with van der Waals surface area (Å²) in [5.41, 5.74) is 1.78. The molecule has 0 radical (unpaired) electrons. The molecule has 3 rings (SSSR count). The molecular formula is C20H17ClN2O3. The van der Waals surface area contributed by atoms with Gasteiger partial charge in [0.25, 0.3) is 17.7 Å². The van der Waals surface area contributed by atoms with Crippen LogP contribution in [-0.2, 0) is 0 Å². The minimum Gasteiger partial charge on any atom is -0.346 e. The van der Waals surface area contributed by atoms with Gasteiger partial charge in [0.05, 0.1) is 17.2 Å². The van der Waals surface area contributed by atoms with Crippen LogP contribution >= 0.6 is 11.6 Å². The fraction of sp³-hybridized carbons (Fsp3) is 0.150. The molecule has 132 valence electrons. The van der Waals surface area contributed by atoms with Crippen LogP contribution < -0.4 is 5.32 Å². The van der Waals surface area contributed by atoms with Gasteiger partial charge in [-0.2, -0.15) is 0 Å². The third kappa shape index (κ3) is 3.26. The molecule has 0 bridgehead atoms. The first-order chi connectivity index (χ1) is 12.4. The van der Waals surface area contributed by atoms with Gasteiger partial charge in [-0.25, -0.2) is 0 Å². The molecule has 1 N–H and O–H groups in total. The number of benzene rings is 2. The number of nitrogens with one attached hydrogen (secondary N) is 1. The summed E-state index contributed by atoms with van der Waals surface area (Å²) >= 11 is 5.87. The van der Waals surface area contributed by atoms with Crippen molar-refractivity contribution in [2.24, 2.45) is 0 Å². The van der Waals surface area contributed by atoms with Crippen LogP contribution in [0.15, 0.2) is 55.1 Å². The van der Waals surface area contributed by atoms with E-state index in [-0.39, 0.29) is 30.0 Å².